The quantitative estimate of drug-likeness (QED) is 0.752. The summed E-state index contributed by atoms with van der Waals surface area (Å²) in [5, 5.41) is 12.1. The molecular formula is C13H21FN2O. The molecule has 0 unspecified atom stereocenters. The van der Waals surface area contributed by atoms with Crippen LogP contribution in [0.1, 0.15) is 12.5 Å². The molecule has 0 heterocycles. The minimum atomic E-state index is -0.200. The van der Waals surface area contributed by atoms with Crippen molar-refractivity contribution in [3.63, 3.8) is 0 Å². The molecule has 0 aliphatic rings. The first kappa shape index (κ1) is 14.1. The Labute approximate surface area is 102 Å². The van der Waals surface area contributed by atoms with E-state index >= 15 is 0 Å². The summed E-state index contributed by atoms with van der Waals surface area (Å²) in [6, 6.07) is 6.91. The molecule has 0 spiro atoms. The van der Waals surface area contributed by atoms with Gasteiger partial charge in [-0.1, -0.05) is 12.1 Å². The molecule has 0 fully saturated rings. The third kappa shape index (κ3) is 5.77. The zero-order valence-electron chi connectivity index (χ0n) is 10.5. The van der Waals surface area contributed by atoms with Gasteiger partial charge in [0.15, 0.2) is 0 Å². The molecule has 0 saturated heterocycles. The maximum absolute atomic E-state index is 12.9. The predicted molar refractivity (Wildman–Crippen MR) is 67.3 cm³/mol. The average molecular weight is 240 g/mol. The topological polar surface area (TPSA) is 35.5 Å². The van der Waals surface area contributed by atoms with Crippen molar-refractivity contribution >= 4 is 0 Å². The number of nitrogens with zero attached hydrogens (tertiary/aromatic N) is 1. The number of aliphatic hydroxyl groups is 1. The second kappa shape index (κ2) is 7.37. The van der Waals surface area contributed by atoms with Crippen LogP contribution in [0.4, 0.5) is 4.39 Å². The molecule has 1 rings (SSSR count). The lowest BCUT2D eigenvalue weighted by Gasteiger charge is -2.21. The Morgan fingerprint density at radius 3 is 2.88 bits per heavy atom. The summed E-state index contributed by atoms with van der Waals surface area (Å²) in [5.74, 6) is -0.200. The highest BCUT2D eigenvalue weighted by Gasteiger charge is 2.05. The summed E-state index contributed by atoms with van der Waals surface area (Å²) in [6.45, 7) is 4.44. The monoisotopic (exact) mass is 240 g/mol. The summed E-state index contributed by atoms with van der Waals surface area (Å²) in [4.78, 5) is 2.06. The van der Waals surface area contributed by atoms with Crippen molar-refractivity contribution in [3.05, 3.63) is 35.6 Å². The number of hydrogen-bond donors (Lipinski definition) is 2. The van der Waals surface area contributed by atoms with Crippen LogP contribution in [0.3, 0.4) is 0 Å². The van der Waals surface area contributed by atoms with E-state index in [9.17, 15) is 4.39 Å². The first-order valence-electron chi connectivity index (χ1n) is 5.89. The van der Waals surface area contributed by atoms with Crippen molar-refractivity contribution in [2.75, 3.05) is 26.7 Å². The van der Waals surface area contributed by atoms with Crippen LogP contribution in [-0.2, 0) is 6.54 Å². The van der Waals surface area contributed by atoms with Crippen molar-refractivity contribution in [2.45, 2.75) is 19.5 Å². The Morgan fingerprint density at radius 2 is 2.24 bits per heavy atom. The highest BCUT2D eigenvalue weighted by Crippen LogP contribution is 2.03. The standard InChI is InChI=1S/C13H21FN2O/c1-11(10-16(2)6-7-17)15-9-12-4-3-5-13(14)8-12/h3-5,8,11,15,17H,6-7,9-10H2,1-2H3/t11-/m0/s1. The molecule has 0 radical (unpaired) electrons. The minimum absolute atomic E-state index is 0.174. The summed E-state index contributed by atoms with van der Waals surface area (Å²) < 4.78 is 12.9. The molecule has 0 amide bonds. The van der Waals surface area contributed by atoms with Crippen molar-refractivity contribution < 1.29 is 9.50 Å². The Morgan fingerprint density at radius 1 is 1.47 bits per heavy atom. The minimum Gasteiger partial charge on any atom is -0.395 e. The normalized spacial score (nSPS) is 13.0. The van der Waals surface area contributed by atoms with E-state index in [4.69, 9.17) is 5.11 Å². The van der Waals surface area contributed by atoms with Crippen LogP contribution in [0.25, 0.3) is 0 Å². The lowest BCUT2D eigenvalue weighted by atomic mass is 10.2. The van der Waals surface area contributed by atoms with Gasteiger partial charge in [-0.3, -0.25) is 0 Å². The van der Waals surface area contributed by atoms with E-state index in [0.29, 0.717) is 19.1 Å². The van der Waals surface area contributed by atoms with Gasteiger partial charge in [0, 0.05) is 25.7 Å². The molecule has 96 valence electrons. The van der Waals surface area contributed by atoms with Gasteiger partial charge in [0.05, 0.1) is 6.61 Å². The molecule has 1 aromatic carbocycles. The second-order valence-corrected chi connectivity index (χ2v) is 4.40. The molecule has 2 N–H and O–H groups in total. The molecule has 4 heteroatoms. The molecule has 0 aliphatic heterocycles. The van der Waals surface area contributed by atoms with Gasteiger partial charge in [-0.25, -0.2) is 4.39 Å². The zero-order valence-corrected chi connectivity index (χ0v) is 10.5. The summed E-state index contributed by atoms with van der Waals surface area (Å²) in [7, 11) is 1.97. The van der Waals surface area contributed by atoms with Gasteiger partial charge in [-0.15, -0.1) is 0 Å². The maximum Gasteiger partial charge on any atom is 0.123 e. The molecule has 1 atom stereocenters. The van der Waals surface area contributed by atoms with Crippen LogP contribution < -0.4 is 5.32 Å². The molecule has 0 aliphatic carbocycles. The van der Waals surface area contributed by atoms with Crippen LogP contribution in [0.15, 0.2) is 24.3 Å². The Kier molecular flexibility index (Phi) is 6.11. The fraction of sp³-hybridized carbons (Fsp3) is 0.538. The molecule has 1 aromatic rings. The van der Waals surface area contributed by atoms with Crippen LogP contribution >= 0.6 is 0 Å². The smallest absolute Gasteiger partial charge is 0.123 e. The largest absolute Gasteiger partial charge is 0.395 e. The molecule has 17 heavy (non-hydrogen) atoms. The molecule has 0 aromatic heterocycles. The van der Waals surface area contributed by atoms with E-state index in [-0.39, 0.29) is 12.4 Å². The lowest BCUT2D eigenvalue weighted by Crippen LogP contribution is -2.38. The van der Waals surface area contributed by atoms with Crippen LogP contribution in [0.5, 0.6) is 0 Å². The van der Waals surface area contributed by atoms with E-state index in [1.165, 1.54) is 12.1 Å². The summed E-state index contributed by atoms with van der Waals surface area (Å²) >= 11 is 0. The van der Waals surface area contributed by atoms with Gasteiger partial charge < -0.3 is 15.3 Å². The van der Waals surface area contributed by atoms with Crippen LogP contribution in [-0.4, -0.2) is 42.8 Å². The van der Waals surface area contributed by atoms with Gasteiger partial charge >= 0.3 is 0 Å². The Balaban J connectivity index is 2.30. The Hall–Kier alpha value is -0.970. The van der Waals surface area contributed by atoms with Crippen molar-refractivity contribution in [3.8, 4) is 0 Å². The fourth-order valence-corrected chi connectivity index (χ4v) is 1.73. The number of nitrogens with one attached hydrogen (secondary N) is 1. The number of hydrogen-bond acceptors (Lipinski definition) is 3. The number of likely N-dealkylation sites (N-methyl/N-ethyl adjacent to an activating group) is 1. The summed E-state index contributed by atoms with van der Waals surface area (Å²) in [5.41, 5.74) is 0.946. The van der Waals surface area contributed by atoms with E-state index in [1.54, 1.807) is 6.07 Å². The third-order valence-electron chi connectivity index (χ3n) is 2.61. The highest BCUT2D eigenvalue weighted by molar-refractivity contribution is 5.16. The van der Waals surface area contributed by atoms with Gasteiger partial charge in [-0.05, 0) is 31.7 Å². The second-order valence-electron chi connectivity index (χ2n) is 4.40. The highest BCUT2D eigenvalue weighted by atomic mass is 19.1. The Bertz CT molecular complexity index is 333. The van der Waals surface area contributed by atoms with Gasteiger partial charge in [0.2, 0.25) is 0 Å². The summed E-state index contributed by atoms with van der Waals surface area (Å²) in [6.07, 6.45) is 0. The SMILES string of the molecule is C[C@@H](CN(C)CCO)NCc1cccc(F)c1. The first-order chi connectivity index (χ1) is 8.11. The van der Waals surface area contributed by atoms with Crippen molar-refractivity contribution in [1.82, 2.24) is 10.2 Å². The van der Waals surface area contributed by atoms with E-state index < -0.39 is 0 Å². The van der Waals surface area contributed by atoms with Crippen molar-refractivity contribution in [2.24, 2.45) is 0 Å². The van der Waals surface area contributed by atoms with E-state index in [0.717, 1.165) is 12.1 Å². The number of aliphatic hydroxyl groups excluding tert-OH is 1. The van der Waals surface area contributed by atoms with Gasteiger partial charge in [0.25, 0.3) is 0 Å². The average Bonchev–Trinajstić information content (AvgIpc) is 2.27. The van der Waals surface area contributed by atoms with Gasteiger partial charge in [-0.2, -0.15) is 0 Å². The van der Waals surface area contributed by atoms with Crippen molar-refractivity contribution in [1.29, 1.82) is 0 Å². The van der Waals surface area contributed by atoms with Gasteiger partial charge in [0.1, 0.15) is 5.82 Å². The van der Waals surface area contributed by atoms with E-state index in [1.807, 2.05) is 13.1 Å². The fourth-order valence-electron chi connectivity index (χ4n) is 1.73. The third-order valence-corrected chi connectivity index (χ3v) is 2.61. The molecule has 3 nitrogen and oxygen atoms in total. The van der Waals surface area contributed by atoms with E-state index in [2.05, 4.69) is 17.1 Å². The lowest BCUT2D eigenvalue weighted by molar-refractivity contribution is 0.210. The first-order valence-corrected chi connectivity index (χ1v) is 5.89. The number of rotatable bonds is 7. The number of benzene rings is 1. The molecule has 0 saturated carbocycles. The maximum atomic E-state index is 12.9. The molecule has 0 bridgehead atoms. The number of halogens is 1. The predicted octanol–water partition coefficient (Wildman–Crippen LogP) is 1.23. The zero-order chi connectivity index (χ0) is 12.7. The van der Waals surface area contributed by atoms with Crippen LogP contribution in [0.2, 0.25) is 0 Å². The van der Waals surface area contributed by atoms with Crippen LogP contribution in [0, 0.1) is 5.82 Å². The molecular weight excluding hydrogens is 219 g/mol.